The Bertz CT molecular complexity index is 8630. The second-order valence-corrected chi connectivity index (χ2v) is 37.7. The van der Waals surface area contributed by atoms with Gasteiger partial charge in [0.25, 0.3) is 0 Å². The zero-order valence-corrected chi connectivity index (χ0v) is 79.4. The first-order valence-electron chi connectivity index (χ1n) is 47.6. The van der Waals surface area contributed by atoms with Gasteiger partial charge < -0.3 is 9.31 Å². The summed E-state index contributed by atoms with van der Waals surface area (Å²) >= 11 is 3.46. The lowest BCUT2D eigenvalue weighted by Crippen LogP contribution is -2.41. The van der Waals surface area contributed by atoms with Gasteiger partial charge in [-0.1, -0.05) is 374 Å². The van der Waals surface area contributed by atoms with E-state index in [2.05, 4.69) is 435 Å². The fraction of sp³-hybridized carbons (Fsp3) is 0.0462. The summed E-state index contributed by atoms with van der Waals surface area (Å²) in [5, 5.41) is 19.7. The summed E-state index contributed by atoms with van der Waals surface area (Å²) in [6.45, 7) is 8.46. The van der Waals surface area contributed by atoms with E-state index in [1.165, 1.54) is 175 Å². The lowest BCUT2D eigenvalue weighted by atomic mass is 9.76. The van der Waals surface area contributed by atoms with Gasteiger partial charge >= 0.3 is 7.12 Å². The summed E-state index contributed by atoms with van der Waals surface area (Å²) in [5.41, 5.74) is 23.7. The normalized spacial score (nSPS) is 12.7. The molecule has 1 aliphatic rings. The van der Waals surface area contributed by atoms with Gasteiger partial charge in [0.05, 0.1) is 11.2 Å². The molecule has 20 aromatic carbocycles. The van der Waals surface area contributed by atoms with Crippen LogP contribution >= 0.6 is 15.9 Å². The molecule has 0 unspecified atom stereocenters. The van der Waals surface area contributed by atoms with Crippen LogP contribution in [0.1, 0.15) is 27.7 Å². The van der Waals surface area contributed by atoms with E-state index < -0.39 is 18.3 Å². The highest BCUT2D eigenvalue weighted by Crippen LogP contribution is 2.50. The van der Waals surface area contributed by atoms with Crippen LogP contribution in [0.5, 0.6) is 0 Å². The lowest BCUT2D eigenvalue weighted by Gasteiger charge is -2.32. The predicted molar refractivity (Wildman–Crippen MR) is 592 cm³/mol. The van der Waals surface area contributed by atoms with E-state index in [9.17, 15) is 0 Å². The molecule has 0 N–H and O–H groups in total. The van der Waals surface area contributed by atoms with Crippen LogP contribution in [0, 0.1) is 0 Å². The van der Waals surface area contributed by atoms with Gasteiger partial charge in [-0.3, -0.25) is 9.80 Å². The molecule has 0 aliphatic carbocycles. The molecule has 10 heteroatoms. The molecule has 140 heavy (non-hydrogen) atoms. The van der Waals surface area contributed by atoms with Gasteiger partial charge in [0.15, 0.2) is 0 Å². The van der Waals surface area contributed by atoms with Crippen molar-refractivity contribution >= 4 is 149 Å². The molecule has 5 heterocycles. The quantitative estimate of drug-likeness (QED) is 0.0700. The molecule has 0 bridgehead atoms. The monoisotopic (exact) mass is 1860 g/mol. The topological polar surface area (TPSA) is 76.5 Å². The summed E-state index contributed by atoms with van der Waals surface area (Å²) in [6.07, 6.45) is 7.20. The van der Waals surface area contributed by atoms with Crippen LogP contribution in [0.4, 0.5) is 34.6 Å². The number of aromatic nitrogens is 4. The van der Waals surface area contributed by atoms with Crippen LogP contribution in [0.15, 0.2) is 502 Å². The van der Waals surface area contributed by atoms with Crippen molar-refractivity contribution in [2.45, 2.75) is 38.9 Å². The number of hydrogen-bond acceptors (Lipinski definition) is 8. The van der Waals surface area contributed by atoms with Crippen LogP contribution < -0.4 is 15.3 Å². The van der Waals surface area contributed by atoms with E-state index in [-0.39, 0.29) is 0 Å². The van der Waals surface area contributed by atoms with Crippen LogP contribution in [-0.4, -0.2) is 38.3 Å². The maximum atomic E-state index is 6.60. The minimum absolute atomic E-state index is 0.435. The fourth-order valence-corrected chi connectivity index (χ4v) is 20.1. The maximum Gasteiger partial charge on any atom is 0.494 e. The second kappa shape index (κ2) is 37.7. The molecule has 4 aromatic heterocycles. The van der Waals surface area contributed by atoms with Gasteiger partial charge in [-0.05, 0) is 335 Å². The molecule has 0 atom stereocenters. The van der Waals surface area contributed by atoms with Crippen molar-refractivity contribution < 1.29 is 9.31 Å². The number of hydrogen-bond donors (Lipinski definition) is 0. The van der Waals surface area contributed by atoms with Crippen molar-refractivity contribution in [2.75, 3.05) is 9.80 Å². The molecule has 1 aliphatic heterocycles. The Morgan fingerprint density at radius 2 is 0.429 bits per heavy atom. The summed E-state index contributed by atoms with van der Waals surface area (Å²) in [4.78, 5) is 22.4. The highest BCUT2D eigenvalue weighted by atomic mass is 79.9. The first-order valence-corrected chi connectivity index (χ1v) is 48.4. The third kappa shape index (κ3) is 17.3. The van der Waals surface area contributed by atoms with Gasteiger partial charge in [-0.15, -0.1) is 0 Å². The number of halogens is 1. The third-order valence-corrected chi connectivity index (χ3v) is 28.2. The Morgan fingerprint density at radius 1 is 0.200 bits per heavy atom. The predicted octanol–water partition coefficient (Wildman–Crippen LogP) is 34.9. The minimum Gasteiger partial charge on any atom is -0.399 e. The van der Waals surface area contributed by atoms with Crippen LogP contribution in [0.3, 0.4) is 0 Å². The Hall–Kier alpha value is -16.9. The fourth-order valence-electron chi connectivity index (χ4n) is 19.8. The Kier molecular flexibility index (Phi) is 23.5. The molecule has 666 valence electrons. The largest absolute Gasteiger partial charge is 0.494 e. The first kappa shape index (κ1) is 87.2. The van der Waals surface area contributed by atoms with Crippen molar-refractivity contribution in [1.29, 1.82) is 0 Å². The summed E-state index contributed by atoms with van der Waals surface area (Å²) in [7, 11) is -0.464. The Labute approximate surface area is 823 Å². The Balaban J connectivity index is 0.000000132. The van der Waals surface area contributed by atoms with E-state index in [0.717, 1.165) is 55.7 Å². The summed E-state index contributed by atoms with van der Waals surface area (Å²) in [6, 6.07) is 170. The van der Waals surface area contributed by atoms with Crippen molar-refractivity contribution in [3.8, 4) is 100 Å². The van der Waals surface area contributed by atoms with Gasteiger partial charge in [0.1, 0.15) is 23.3 Å². The molecule has 1 fully saturated rings. The number of pyridine rings is 4. The van der Waals surface area contributed by atoms with Crippen LogP contribution in [-0.2, 0) is 9.31 Å². The molecular weight excluding hydrogens is 1770 g/mol. The smallest absolute Gasteiger partial charge is 0.399 e. The molecule has 8 nitrogen and oxygen atoms in total. The third-order valence-electron chi connectivity index (χ3n) is 27.7. The molecule has 0 radical (unpaired) electrons. The van der Waals surface area contributed by atoms with Crippen molar-refractivity contribution in [3.05, 3.63) is 502 Å². The molecule has 0 amide bonds. The number of fused-ring (bicyclic) bond motifs is 8. The van der Waals surface area contributed by atoms with Gasteiger partial charge in [0.2, 0.25) is 0 Å². The molecule has 1 saturated heterocycles. The van der Waals surface area contributed by atoms with Crippen molar-refractivity contribution in [3.63, 3.8) is 0 Å². The summed E-state index contributed by atoms with van der Waals surface area (Å²) < 4.78 is 14.2. The number of anilines is 6. The number of nitrogens with zero attached hydrogens (tertiary/aromatic N) is 6. The van der Waals surface area contributed by atoms with Crippen molar-refractivity contribution in [1.82, 2.24) is 19.9 Å². The second-order valence-electron chi connectivity index (χ2n) is 36.7. The molecular formula is C130H94BBrN6O2. The van der Waals surface area contributed by atoms with E-state index >= 15 is 0 Å². The average Bonchev–Trinajstić information content (AvgIpc) is 0.950. The van der Waals surface area contributed by atoms with E-state index in [1.54, 1.807) is 12.4 Å². The lowest BCUT2D eigenvalue weighted by molar-refractivity contribution is 0.00578. The highest BCUT2D eigenvalue weighted by Gasteiger charge is 2.52. The van der Waals surface area contributed by atoms with E-state index in [4.69, 9.17) is 19.3 Å². The van der Waals surface area contributed by atoms with Crippen LogP contribution in [0.25, 0.3) is 186 Å². The Morgan fingerprint density at radius 3 is 0.736 bits per heavy atom. The average molecular weight is 1860 g/mol. The van der Waals surface area contributed by atoms with E-state index in [0.29, 0.717) is 0 Å². The van der Waals surface area contributed by atoms with Gasteiger partial charge in [-0.25, -0.2) is 19.9 Å². The zero-order chi connectivity index (χ0) is 94.2. The van der Waals surface area contributed by atoms with Crippen molar-refractivity contribution in [2.24, 2.45) is 0 Å². The standard InChI is InChI=1S/C62H41N3.C52H41BO2.C16H12BrN3/c1-3-13-49-39-51(29-23-42(49)11-1)44-19-25-47(26-20-44)61-55-15-5-6-16-56(55)62(48-27-21-45(22-28-48)52-30-24-43-12-2-4-14-50(43)40-52)58-41-53(33-36-57(58)61)46-31-34-54(35-32-46)65(59-17-7-9-37-63-59)60-18-8-10-38-64-60;1-51(2)52(3,4)55-53(54-51)44-29-30-47-48(33-44)50(39-25-19-37(20-26-39)43-28-22-35-12-6-8-14-41(35)32-43)46-16-10-9-15-45(46)49(47)38-23-17-36(18-24-38)42-27-21-34-11-5-7-13-40(34)31-42;17-13-7-9-14(10-8-13)20(15-5-1-3-11-18-15)16-6-2-4-12-19-16/h1-41H;5-33H,1-4H3;1-12H. The maximum absolute atomic E-state index is 6.60. The van der Waals surface area contributed by atoms with Gasteiger partial charge in [0, 0.05) is 40.6 Å². The first-order chi connectivity index (χ1) is 68.8. The molecule has 0 spiro atoms. The molecule has 24 aromatic rings. The highest BCUT2D eigenvalue weighted by molar-refractivity contribution is 9.10. The van der Waals surface area contributed by atoms with E-state index in [1.807, 2.05) is 114 Å². The SMILES string of the molecule is Brc1ccc(N(c2ccccn2)c2ccccn2)cc1.CC1(C)OB(c2ccc3c(-c4ccc(-c5ccc6ccccc6c5)cc4)c4ccccc4c(-c4ccc(-c5ccc6ccccc6c5)cc4)c3c2)OC1(C)C.c1ccc(N(c2ccc(-c3ccc4c(-c5ccc(-c6ccc7ccccc7c6)cc5)c5ccccc5c(-c5ccc(-c6ccc7ccccc7c6)cc5)c4c3)cc2)c2ccccn2)nc1. The summed E-state index contributed by atoms with van der Waals surface area (Å²) in [5.74, 6) is 3.30. The van der Waals surface area contributed by atoms with Gasteiger partial charge in [-0.2, -0.15) is 0 Å². The van der Waals surface area contributed by atoms with Crippen LogP contribution in [0.2, 0.25) is 0 Å². The zero-order valence-electron chi connectivity index (χ0n) is 77.8. The number of rotatable bonds is 16. The molecule has 0 saturated carbocycles. The minimum atomic E-state index is -0.464. The molecule has 25 rings (SSSR count). The number of benzene rings is 20.